The summed E-state index contributed by atoms with van der Waals surface area (Å²) >= 11 is 0. The Morgan fingerprint density at radius 2 is 1.64 bits per heavy atom. The molecule has 1 aromatic heterocycles. The first-order chi connectivity index (χ1) is 16.5. The predicted octanol–water partition coefficient (Wildman–Crippen LogP) is 5.58. The van der Waals surface area contributed by atoms with Gasteiger partial charge in [0, 0.05) is 31.6 Å². The number of halogens is 6. The second-order valence-corrected chi connectivity index (χ2v) is 9.51. The fourth-order valence-corrected chi connectivity index (χ4v) is 3.72. The summed E-state index contributed by atoms with van der Waals surface area (Å²) in [5.74, 6) is -0.885. The number of likely N-dealkylation sites (tertiary alicyclic amines) is 1. The quantitative estimate of drug-likeness (QED) is 0.526. The minimum atomic E-state index is -4.81. The third-order valence-electron chi connectivity index (χ3n) is 5.38. The van der Waals surface area contributed by atoms with E-state index in [-0.39, 0.29) is 31.0 Å². The van der Waals surface area contributed by atoms with Crippen LogP contribution >= 0.6 is 0 Å². The maximum atomic E-state index is 13.6. The molecule has 0 aliphatic carbocycles. The Kier molecular flexibility index (Phi) is 7.56. The number of ether oxygens (including phenoxy) is 1. The van der Waals surface area contributed by atoms with Gasteiger partial charge in [0.25, 0.3) is 0 Å². The standard InChI is InChI=1S/C24H25F6N3O3/c1-22(2,3)36-21(35)33-12-14(13-33)11-18(34)32-19(15-6-8-16(9-7-15)23(25,26)27)20-17(24(28,29)30)5-4-10-31-20/h4-10,14,19H,11-13H2,1-3H3,(H,32,34)/t19-/m0/s1. The van der Waals surface area contributed by atoms with Gasteiger partial charge in [0.15, 0.2) is 0 Å². The lowest BCUT2D eigenvalue weighted by Gasteiger charge is -2.39. The Hall–Kier alpha value is -3.31. The van der Waals surface area contributed by atoms with E-state index < -0.39 is 52.8 Å². The highest BCUT2D eigenvalue weighted by Gasteiger charge is 2.39. The van der Waals surface area contributed by atoms with Crippen LogP contribution in [0.5, 0.6) is 0 Å². The Morgan fingerprint density at radius 3 is 2.17 bits per heavy atom. The van der Waals surface area contributed by atoms with Crippen molar-refractivity contribution in [2.45, 2.75) is 51.2 Å². The lowest BCUT2D eigenvalue weighted by molar-refractivity contribution is -0.139. The van der Waals surface area contributed by atoms with Crippen molar-refractivity contribution < 1.29 is 40.7 Å². The highest BCUT2D eigenvalue weighted by Crippen LogP contribution is 2.37. The van der Waals surface area contributed by atoms with E-state index in [4.69, 9.17) is 4.74 Å². The van der Waals surface area contributed by atoms with Crippen molar-refractivity contribution in [2.75, 3.05) is 13.1 Å². The molecule has 0 radical (unpaired) electrons. The summed E-state index contributed by atoms with van der Waals surface area (Å²) in [5.41, 5.74) is -3.32. The fourth-order valence-electron chi connectivity index (χ4n) is 3.72. The van der Waals surface area contributed by atoms with Gasteiger partial charge in [0.2, 0.25) is 5.91 Å². The number of hydrogen-bond donors (Lipinski definition) is 1. The first-order valence-corrected chi connectivity index (χ1v) is 11.0. The molecular weight excluding hydrogens is 492 g/mol. The lowest BCUT2D eigenvalue weighted by Crippen LogP contribution is -2.52. The molecule has 0 bridgehead atoms. The van der Waals surface area contributed by atoms with E-state index in [2.05, 4.69) is 10.3 Å². The van der Waals surface area contributed by atoms with Crippen molar-refractivity contribution in [3.63, 3.8) is 0 Å². The van der Waals surface area contributed by atoms with Gasteiger partial charge in [-0.2, -0.15) is 26.3 Å². The number of rotatable bonds is 5. The molecular formula is C24H25F6N3O3. The molecule has 0 unspecified atom stereocenters. The van der Waals surface area contributed by atoms with Crippen LogP contribution in [0.2, 0.25) is 0 Å². The third kappa shape index (κ3) is 6.88. The van der Waals surface area contributed by atoms with E-state index in [1.807, 2.05) is 0 Å². The van der Waals surface area contributed by atoms with Crippen LogP contribution in [0, 0.1) is 5.92 Å². The first-order valence-electron chi connectivity index (χ1n) is 11.0. The summed E-state index contributed by atoms with van der Waals surface area (Å²) in [6, 6.07) is 3.91. The summed E-state index contributed by atoms with van der Waals surface area (Å²) in [4.78, 5) is 30.0. The summed E-state index contributed by atoms with van der Waals surface area (Å²) in [6.45, 7) is 5.59. The number of alkyl halides is 6. The number of carbonyl (C=O) groups is 2. The number of benzene rings is 1. The van der Waals surface area contributed by atoms with Gasteiger partial charge in [-0.3, -0.25) is 9.78 Å². The number of aromatic nitrogens is 1. The maximum Gasteiger partial charge on any atom is 0.418 e. The van der Waals surface area contributed by atoms with E-state index in [9.17, 15) is 35.9 Å². The Labute approximate surface area is 203 Å². The van der Waals surface area contributed by atoms with E-state index in [1.54, 1.807) is 20.8 Å². The van der Waals surface area contributed by atoms with E-state index in [0.717, 1.165) is 42.6 Å². The largest absolute Gasteiger partial charge is 0.444 e. The molecule has 0 saturated carbocycles. The summed E-state index contributed by atoms with van der Waals surface area (Å²) in [5, 5.41) is 2.48. The summed E-state index contributed by atoms with van der Waals surface area (Å²) in [6.07, 6.45) is -8.97. The Balaban J connectivity index is 1.79. The van der Waals surface area contributed by atoms with Crippen LogP contribution in [0.15, 0.2) is 42.6 Å². The minimum absolute atomic E-state index is 0.00420. The molecule has 1 aliphatic heterocycles. The van der Waals surface area contributed by atoms with Crippen LogP contribution in [0.3, 0.4) is 0 Å². The summed E-state index contributed by atoms with van der Waals surface area (Å²) in [7, 11) is 0. The normalized spacial score (nSPS) is 15.8. The Morgan fingerprint density at radius 1 is 1.03 bits per heavy atom. The van der Waals surface area contributed by atoms with Gasteiger partial charge in [-0.05, 0) is 50.6 Å². The van der Waals surface area contributed by atoms with E-state index in [1.165, 1.54) is 4.90 Å². The molecule has 1 aromatic carbocycles. The summed E-state index contributed by atoms with van der Waals surface area (Å²) < 4.78 is 85.1. The first kappa shape index (κ1) is 27.3. The van der Waals surface area contributed by atoms with Gasteiger partial charge < -0.3 is 15.0 Å². The van der Waals surface area contributed by atoms with Crippen molar-refractivity contribution in [1.29, 1.82) is 0 Å². The van der Waals surface area contributed by atoms with Gasteiger partial charge in [-0.25, -0.2) is 4.79 Å². The molecule has 2 amide bonds. The van der Waals surface area contributed by atoms with E-state index in [0.29, 0.717) is 0 Å². The number of pyridine rings is 1. The van der Waals surface area contributed by atoms with Gasteiger partial charge in [-0.15, -0.1) is 0 Å². The number of amides is 2. The lowest BCUT2D eigenvalue weighted by atomic mass is 9.94. The Bertz CT molecular complexity index is 1090. The average Bonchev–Trinajstić information content (AvgIpc) is 2.72. The molecule has 1 atom stereocenters. The molecule has 12 heteroatoms. The molecule has 36 heavy (non-hydrogen) atoms. The SMILES string of the molecule is CC(C)(C)OC(=O)N1CC(CC(=O)N[C@@H](c2ccc(C(F)(F)F)cc2)c2ncccc2C(F)(F)F)C1. The monoisotopic (exact) mass is 517 g/mol. The van der Waals surface area contributed by atoms with Crippen molar-refractivity contribution in [3.05, 3.63) is 65.0 Å². The minimum Gasteiger partial charge on any atom is -0.444 e. The van der Waals surface area contributed by atoms with Crippen molar-refractivity contribution in [1.82, 2.24) is 15.2 Å². The zero-order chi connectivity index (χ0) is 26.9. The van der Waals surface area contributed by atoms with Crippen LogP contribution in [0.25, 0.3) is 0 Å². The van der Waals surface area contributed by atoms with Crippen LogP contribution in [0.1, 0.15) is 55.6 Å². The van der Waals surface area contributed by atoms with Crippen LogP contribution in [-0.4, -0.2) is 40.6 Å². The molecule has 0 spiro atoms. The molecule has 1 saturated heterocycles. The van der Waals surface area contributed by atoms with Crippen LogP contribution in [0.4, 0.5) is 31.1 Å². The molecule has 1 N–H and O–H groups in total. The highest BCUT2D eigenvalue weighted by molar-refractivity contribution is 5.78. The predicted molar refractivity (Wildman–Crippen MR) is 117 cm³/mol. The third-order valence-corrected chi connectivity index (χ3v) is 5.38. The van der Waals surface area contributed by atoms with Crippen molar-refractivity contribution >= 4 is 12.0 Å². The molecule has 3 rings (SSSR count). The van der Waals surface area contributed by atoms with Crippen molar-refractivity contribution in [3.8, 4) is 0 Å². The molecule has 6 nitrogen and oxygen atoms in total. The van der Waals surface area contributed by atoms with E-state index >= 15 is 0 Å². The van der Waals surface area contributed by atoms with Crippen molar-refractivity contribution in [2.24, 2.45) is 5.92 Å². The second-order valence-electron chi connectivity index (χ2n) is 9.51. The molecule has 2 heterocycles. The average molecular weight is 517 g/mol. The number of nitrogens with zero attached hydrogens (tertiary/aromatic N) is 2. The van der Waals surface area contributed by atoms with Gasteiger partial charge >= 0.3 is 18.4 Å². The molecule has 2 aromatic rings. The van der Waals surface area contributed by atoms with Gasteiger partial charge in [0.1, 0.15) is 5.60 Å². The highest BCUT2D eigenvalue weighted by atomic mass is 19.4. The number of nitrogens with one attached hydrogen (secondary N) is 1. The number of hydrogen-bond acceptors (Lipinski definition) is 4. The maximum absolute atomic E-state index is 13.6. The smallest absolute Gasteiger partial charge is 0.418 e. The van der Waals surface area contributed by atoms with Gasteiger partial charge in [0.05, 0.1) is 22.9 Å². The molecule has 1 fully saturated rings. The zero-order valence-electron chi connectivity index (χ0n) is 19.7. The van der Waals surface area contributed by atoms with Crippen LogP contribution in [-0.2, 0) is 21.9 Å². The molecule has 196 valence electrons. The fraction of sp³-hybridized carbons (Fsp3) is 0.458. The van der Waals surface area contributed by atoms with Crippen LogP contribution < -0.4 is 5.32 Å². The second kappa shape index (κ2) is 9.98. The molecule has 1 aliphatic rings. The topological polar surface area (TPSA) is 71.5 Å². The number of carbonyl (C=O) groups excluding carboxylic acids is 2. The zero-order valence-corrected chi connectivity index (χ0v) is 19.7. The van der Waals surface area contributed by atoms with Gasteiger partial charge in [-0.1, -0.05) is 12.1 Å².